The molecule has 0 aliphatic carbocycles. The summed E-state index contributed by atoms with van der Waals surface area (Å²) < 4.78 is 0.800. The number of benzene rings is 2. The fourth-order valence-corrected chi connectivity index (χ4v) is 3.77. The van der Waals surface area contributed by atoms with Crippen molar-refractivity contribution in [2.24, 2.45) is 4.99 Å². The molecule has 2 aliphatic heterocycles. The van der Waals surface area contributed by atoms with Crippen LogP contribution in [0.1, 0.15) is 27.9 Å². The molecule has 2 heterocycles. The van der Waals surface area contributed by atoms with Gasteiger partial charge < -0.3 is 10.0 Å². The van der Waals surface area contributed by atoms with E-state index in [0.717, 1.165) is 27.2 Å². The molecule has 2 aliphatic rings. The predicted octanol–water partition coefficient (Wildman–Crippen LogP) is 2.11. The van der Waals surface area contributed by atoms with Gasteiger partial charge in [-0.1, -0.05) is 46.3 Å². The third-order valence-electron chi connectivity index (χ3n) is 4.37. The van der Waals surface area contributed by atoms with Gasteiger partial charge in [-0.2, -0.15) is 0 Å². The molecule has 1 N–H and O–H groups in total. The van der Waals surface area contributed by atoms with E-state index in [4.69, 9.17) is 0 Å². The fraction of sp³-hybridized carbons (Fsp3) is 0.222. The average molecular weight is 371 g/mol. The Morgan fingerprint density at radius 1 is 1.22 bits per heavy atom. The maximum absolute atomic E-state index is 12.9. The van der Waals surface area contributed by atoms with Crippen LogP contribution in [0.4, 0.5) is 0 Å². The lowest BCUT2D eigenvalue weighted by Crippen LogP contribution is -2.33. The van der Waals surface area contributed by atoms with Gasteiger partial charge in [0.1, 0.15) is 5.36 Å². The number of hydrogen-bond donors (Lipinski definition) is 1. The third-order valence-corrected chi connectivity index (χ3v) is 5.02. The van der Waals surface area contributed by atoms with Crippen LogP contribution >= 0.6 is 15.9 Å². The van der Waals surface area contributed by atoms with Crippen LogP contribution in [-0.2, 0) is 13.1 Å². The van der Waals surface area contributed by atoms with Crippen LogP contribution in [0.5, 0.6) is 5.75 Å². The zero-order chi connectivity index (χ0) is 16.0. The molecule has 2 aromatic rings. The Hall–Kier alpha value is -2.14. The van der Waals surface area contributed by atoms with E-state index in [-0.39, 0.29) is 11.7 Å². The summed E-state index contributed by atoms with van der Waals surface area (Å²) in [6, 6.07) is 9.74. The largest absolute Gasteiger partial charge is 0.505 e. The highest BCUT2D eigenvalue weighted by molar-refractivity contribution is 9.10. The van der Waals surface area contributed by atoms with Gasteiger partial charge in [-0.05, 0) is 23.6 Å². The number of phenolic OH excluding ortho intramolecular Hbond substituents is 1. The van der Waals surface area contributed by atoms with Gasteiger partial charge in [0.2, 0.25) is 0 Å². The van der Waals surface area contributed by atoms with Crippen LogP contribution in [0.15, 0.2) is 39.8 Å². The van der Waals surface area contributed by atoms with Crippen LogP contribution < -0.4 is 10.6 Å². The van der Waals surface area contributed by atoms with Crippen LogP contribution in [0.2, 0.25) is 0 Å². The first-order valence-corrected chi connectivity index (χ1v) is 8.36. The minimum absolute atomic E-state index is 0.0138. The quantitative estimate of drug-likeness (QED) is 0.835. The van der Waals surface area contributed by atoms with E-state index in [1.165, 1.54) is 0 Å². The van der Waals surface area contributed by atoms with E-state index in [1.54, 1.807) is 11.0 Å². The maximum Gasteiger partial charge on any atom is 0.258 e. The van der Waals surface area contributed by atoms with Gasteiger partial charge in [0.25, 0.3) is 5.91 Å². The maximum atomic E-state index is 12.9. The summed E-state index contributed by atoms with van der Waals surface area (Å²) in [5, 5.41) is 11.9. The number of carbonyl (C=O) groups excluding carboxylic acids is 1. The summed E-state index contributed by atoms with van der Waals surface area (Å²) in [4.78, 5) is 19.0. The van der Waals surface area contributed by atoms with Crippen LogP contribution in [0.25, 0.3) is 6.08 Å². The Balaban J connectivity index is 1.75. The lowest BCUT2D eigenvalue weighted by atomic mass is 10.1. The highest BCUT2D eigenvalue weighted by atomic mass is 79.9. The monoisotopic (exact) mass is 370 g/mol. The highest BCUT2D eigenvalue weighted by Crippen LogP contribution is 2.26. The van der Waals surface area contributed by atoms with Crippen molar-refractivity contribution in [1.82, 2.24) is 4.90 Å². The Morgan fingerprint density at radius 3 is 2.61 bits per heavy atom. The number of halogens is 1. The van der Waals surface area contributed by atoms with Crippen molar-refractivity contribution >= 4 is 27.9 Å². The number of hydrogen-bond acceptors (Lipinski definition) is 3. The van der Waals surface area contributed by atoms with Gasteiger partial charge >= 0.3 is 0 Å². The molecule has 0 unspecified atom stereocenters. The van der Waals surface area contributed by atoms with E-state index in [0.29, 0.717) is 30.6 Å². The number of fused-ring (bicyclic) bond motifs is 2. The molecule has 4 rings (SSSR count). The standard InChI is InChI=1S/C18H15BrN2O2/c19-15-8-14(17(22)16-13(15)6-3-7-20-16)18(23)21-9-11-4-1-2-5-12(11)10-21/h1-2,4-6,8,22H,3,7,9-10H2. The SMILES string of the molecule is O=C(c1cc(Br)c2c(c1O)=NCCC=2)N1Cc2ccccc2C1. The molecule has 4 nitrogen and oxygen atoms in total. The van der Waals surface area contributed by atoms with Gasteiger partial charge in [-0.15, -0.1) is 0 Å². The first-order chi connectivity index (χ1) is 11.1. The normalized spacial score (nSPS) is 15.4. The minimum atomic E-state index is -0.164. The first-order valence-electron chi connectivity index (χ1n) is 7.57. The first kappa shape index (κ1) is 14.5. The molecule has 0 spiro atoms. The van der Waals surface area contributed by atoms with Crippen molar-refractivity contribution in [3.63, 3.8) is 0 Å². The number of nitrogens with zero attached hydrogens (tertiary/aromatic N) is 2. The summed E-state index contributed by atoms with van der Waals surface area (Å²) in [7, 11) is 0. The van der Waals surface area contributed by atoms with Crippen molar-refractivity contribution in [2.45, 2.75) is 19.5 Å². The summed E-state index contributed by atoms with van der Waals surface area (Å²) in [6.07, 6.45) is 2.88. The van der Waals surface area contributed by atoms with Gasteiger partial charge in [0.15, 0.2) is 5.75 Å². The zero-order valence-corrected chi connectivity index (χ0v) is 14.0. The van der Waals surface area contributed by atoms with Crippen molar-refractivity contribution in [2.75, 3.05) is 6.54 Å². The second kappa shape index (κ2) is 5.49. The summed E-state index contributed by atoms with van der Waals surface area (Å²) in [5.41, 5.74) is 2.63. The number of aromatic hydroxyl groups is 1. The second-order valence-corrected chi connectivity index (χ2v) is 6.68. The molecule has 0 fully saturated rings. The Labute approximate surface area is 141 Å². The van der Waals surface area contributed by atoms with E-state index in [2.05, 4.69) is 20.9 Å². The van der Waals surface area contributed by atoms with E-state index in [9.17, 15) is 9.90 Å². The molecule has 0 radical (unpaired) electrons. The summed E-state index contributed by atoms with van der Waals surface area (Å²) >= 11 is 3.50. The van der Waals surface area contributed by atoms with E-state index < -0.39 is 0 Å². The molecule has 2 aromatic carbocycles. The zero-order valence-electron chi connectivity index (χ0n) is 12.4. The third kappa shape index (κ3) is 2.36. The summed E-state index contributed by atoms with van der Waals surface area (Å²) in [5.74, 6) is -0.178. The molecule has 0 aromatic heterocycles. The Kier molecular flexibility index (Phi) is 3.45. The lowest BCUT2D eigenvalue weighted by Gasteiger charge is -2.17. The van der Waals surface area contributed by atoms with Gasteiger partial charge in [0.05, 0.1) is 5.56 Å². The molecule has 5 heteroatoms. The number of amides is 1. The molecule has 0 saturated heterocycles. The fourth-order valence-electron chi connectivity index (χ4n) is 3.19. The Morgan fingerprint density at radius 2 is 1.91 bits per heavy atom. The summed E-state index contributed by atoms with van der Waals surface area (Å²) in [6.45, 7) is 1.79. The topological polar surface area (TPSA) is 52.9 Å². The van der Waals surface area contributed by atoms with Gasteiger partial charge in [-0.25, -0.2) is 0 Å². The van der Waals surface area contributed by atoms with Crippen molar-refractivity contribution in [1.29, 1.82) is 0 Å². The smallest absolute Gasteiger partial charge is 0.258 e. The molecule has 23 heavy (non-hydrogen) atoms. The van der Waals surface area contributed by atoms with Crippen LogP contribution in [0, 0.1) is 0 Å². The molecule has 0 bridgehead atoms. The van der Waals surface area contributed by atoms with Gasteiger partial charge in [0, 0.05) is 29.3 Å². The number of rotatable bonds is 1. The van der Waals surface area contributed by atoms with Gasteiger partial charge in [-0.3, -0.25) is 9.79 Å². The lowest BCUT2D eigenvalue weighted by molar-refractivity contribution is 0.0748. The van der Waals surface area contributed by atoms with Crippen molar-refractivity contribution < 1.29 is 9.90 Å². The second-order valence-electron chi connectivity index (χ2n) is 5.82. The van der Waals surface area contributed by atoms with E-state index in [1.807, 2.05) is 30.3 Å². The number of phenols is 1. The van der Waals surface area contributed by atoms with Crippen LogP contribution in [-0.4, -0.2) is 22.5 Å². The van der Waals surface area contributed by atoms with E-state index >= 15 is 0 Å². The molecule has 0 atom stereocenters. The minimum Gasteiger partial charge on any atom is -0.505 e. The average Bonchev–Trinajstić information content (AvgIpc) is 3.01. The van der Waals surface area contributed by atoms with Crippen LogP contribution in [0.3, 0.4) is 0 Å². The molecule has 1 amide bonds. The molecular weight excluding hydrogens is 356 g/mol. The highest BCUT2D eigenvalue weighted by Gasteiger charge is 2.26. The number of carbonyl (C=O) groups is 1. The molecule has 0 saturated carbocycles. The predicted molar refractivity (Wildman–Crippen MR) is 90.6 cm³/mol. The molecule has 116 valence electrons. The van der Waals surface area contributed by atoms with Crippen molar-refractivity contribution in [3.8, 4) is 5.75 Å². The molecular formula is C18H15BrN2O2. The van der Waals surface area contributed by atoms with Crippen molar-refractivity contribution in [3.05, 3.63) is 62.1 Å². The Bertz CT molecular complexity index is 912.